The van der Waals surface area contributed by atoms with Crippen LogP contribution in [0.4, 0.5) is 5.82 Å². The van der Waals surface area contributed by atoms with Crippen molar-refractivity contribution in [1.29, 1.82) is 0 Å². The van der Waals surface area contributed by atoms with Crippen LogP contribution < -0.4 is 10.9 Å². The SMILES string of the molecule is Cc1nc(C)c(C(C)Nc2nc[nH]c(=O)c2I)s1. The third kappa shape index (κ3) is 2.72. The monoisotopic (exact) mass is 376 g/mol. The van der Waals surface area contributed by atoms with Crippen molar-refractivity contribution in [2.45, 2.75) is 26.8 Å². The molecule has 0 saturated carbocycles. The highest BCUT2D eigenvalue weighted by atomic mass is 127. The van der Waals surface area contributed by atoms with E-state index < -0.39 is 0 Å². The molecule has 2 aromatic heterocycles. The van der Waals surface area contributed by atoms with Crippen molar-refractivity contribution in [2.24, 2.45) is 0 Å². The molecular formula is C11H13IN4OS. The maximum atomic E-state index is 11.5. The first-order chi connectivity index (χ1) is 8.49. The van der Waals surface area contributed by atoms with Crippen LogP contribution in [0.2, 0.25) is 0 Å². The normalized spacial score (nSPS) is 12.4. The van der Waals surface area contributed by atoms with Gasteiger partial charge in [0.15, 0.2) is 0 Å². The van der Waals surface area contributed by atoms with Gasteiger partial charge in [-0.15, -0.1) is 11.3 Å². The summed E-state index contributed by atoms with van der Waals surface area (Å²) in [6.07, 6.45) is 1.41. The van der Waals surface area contributed by atoms with Gasteiger partial charge in [-0.25, -0.2) is 9.97 Å². The van der Waals surface area contributed by atoms with Gasteiger partial charge < -0.3 is 10.3 Å². The number of nitrogens with zero attached hydrogens (tertiary/aromatic N) is 2. The fourth-order valence-corrected chi connectivity index (χ4v) is 3.08. The average molecular weight is 376 g/mol. The average Bonchev–Trinajstić information content (AvgIpc) is 2.64. The van der Waals surface area contributed by atoms with Gasteiger partial charge in [0.1, 0.15) is 9.39 Å². The maximum absolute atomic E-state index is 11.5. The topological polar surface area (TPSA) is 70.7 Å². The molecule has 96 valence electrons. The molecule has 0 bridgehead atoms. The molecule has 1 unspecified atom stereocenters. The van der Waals surface area contributed by atoms with Crippen molar-refractivity contribution in [2.75, 3.05) is 5.32 Å². The van der Waals surface area contributed by atoms with E-state index in [1.165, 1.54) is 11.2 Å². The minimum absolute atomic E-state index is 0.0824. The second-order valence-corrected chi connectivity index (χ2v) is 6.26. The molecule has 0 spiro atoms. The molecule has 2 rings (SSSR count). The Morgan fingerprint density at radius 1 is 1.50 bits per heavy atom. The number of H-pyrrole nitrogens is 1. The van der Waals surface area contributed by atoms with Crippen molar-refractivity contribution in [3.05, 3.63) is 35.8 Å². The van der Waals surface area contributed by atoms with Gasteiger partial charge in [0.05, 0.1) is 23.1 Å². The number of aromatic nitrogens is 3. The number of hydrogen-bond acceptors (Lipinski definition) is 5. The molecule has 0 radical (unpaired) electrons. The Morgan fingerprint density at radius 2 is 2.22 bits per heavy atom. The van der Waals surface area contributed by atoms with E-state index in [4.69, 9.17) is 0 Å². The van der Waals surface area contributed by atoms with Crippen molar-refractivity contribution >= 4 is 39.7 Å². The standard InChI is InChI=1S/C11H13IN4OS/c1-5-9(18-7(3)15-5)6(2)16-10-8(12)11(17)14-4-13-10/h4,6H,1-3H3,(H2,13,14,16,17). The lowest BCUT2D eigenvalue weighted by Gasteiger charge is -2.14. The second-order valence-electron chi connectivity index (χ2n) is 3.94. The van der Waals surface area contributed by atoms with Crippen molar-refractivity contribution in [3.63, 3.8) is 0 Å². The van der Waals surface area contributed by atoms with Crippen LogP contribution >= 0.6 is 33.9 Å². The van der Waals surface area contributed by atoms with Gasteiger partial charge in [0.2, 0.25) is 0 Å². The van der Waals surface area contributed by atoms with Crippen molar-refractivity contribution in [3.8, 4) is 0 Å². The highest BCUT2D eigenvalue weighted by Gasteiger charge is 2.15. The van der Waals surface area contributed by atoms with E-state index in [0.717, 1.165) is 10.7 Å². The Hall–Kier alpha value is -0.960. The van der Waals surface area contributed by atoms with Gasteiger partial charge in [-0.1, -0.05) is 0 Å². The number of aryl methyl sites for hydroxylation is 2. The van der Waals surface area contributed by atoms with Crippen LogP contribution in [-0.4, -0.2) is 15.0 Å². The first kappa shape index (κ1) is 13.5. The van der Waals surface area contributed by atoms with Crippen molar-refractivity contribution < 1.29 is 0 Å². The number of rotatable bonds is 3. The molecule has 5 nitrogen and oxygen atoms in total. The maximum Gasteiger partial charge on any atom is 0.266 e. The Kier molecular flexibility index (Phi) is 4.00. The van der Waals surface area contributed by atoms with Crippen LogP contribution in [0.5, 0.6) is 0 Å². The molecule has 18 heavy (non-hydrogen) atoms. The number of hydrogen-bond donors (Lipinski definition) is 2. The zero-order chi connectivity index (χ0) is 13.3. The molecular weight excluding hydrogens is 363 g/mol. The summed E-state index contributed by atoms with van der Waals surface area (Å²) >= 11 is 3.65. The van der Waals surface area contributed by atoms with E-state index in [2.05, 4.69) is 20.3 Å². The van der Waals surface area contributed by atoms with E-state index in [0.29, 0.717) is 9.39 Å². The second kappa shape index (κ2) is 5.35. The number of anilines is 1. The number of halogens is 1. The molecule has 0 saturated heterocycles. The summed E-state index contributed by atoms with van der Waals surface area (Å²) in [5.41, 5.74) is 0.898. The predicted molar refractivity (Wildman–Crippen MR) is 81.2 cm³/mol. The predicted octanol–water partition coefficient (Wildman–Crippen LogP) is 2.62. The van der Waals surface area contributed by atoms with Gasteiger partial charge in [-0.3, -0.25) is 4.79 Å². The Bertz CT molecular complexity index is 622. The highest BCUT2D eigenvalue weighted by Crippen LogP contribution is 2.27. The molecule has 0 aliphatic heterocycles. The molecule has 2 aromatic rings. The Morgan fingerprint density at radius 3 is 2.83 bits per heavy atom. The molecule has 0 fully saturated rings. The summed E-state index contributed by atoms with van der Waals surface area (Å²) in [5, 5.41) is 4.30. The zero-order valence-corrected chi connectivity index (χ0v) is 13.2. The van der Waals surface area contributed by atoms with Gasteiger partial charge in [-0.2, -0.15) is 0 Å². The first-order valence-electron chi connectivity index (χ1n) is 5.42. The molecule has 2 heterocycles. The zero-order valence-electron chi connectivity index (χ0n) is 10.2. The Labute approximate surface area is 122 Å². The molecule has 0 aliphatic rings. The first-order valence-corrected chi connectivity index (χ1v) is 7.32. The molecule has 7 heteroatoms. The highest BCUT2D eigenvalue weighted by molar-refractivity contribution is 14.1. The molecule has 1 atom stereocenters. The molecule has 2 N–H and O–H groups in total. The fourth-order valence-electron chi connectivity index (χ4n) is 1.70. The van der Waals surface area contributed by atoms with Gasteiger partial charge in [0, 0.05) is 4.88 Å². The summed E-state index contributed by atoms with van der Waals surface area (Å²) in [7, 11) is 0. The van der Waals surface area contributed by atoms with Crippen LogP contribution in [-0.2, 0) is 0 Å². The fraction of sp³-hybridized carbons (Fsp3) is 0.364. The van der Waals surface area contributed by atoms with Gasteiger partial charge in [0.25, 0.3) is 5.56 Å². The third-order valence-corrected chi connectivity index (χ3v) is 4.74. The minimum atomic E-state index is -0.127. The summed E-state index contributed by atoms with van der Waals surface area (Å²) in [4.78, 5) is 23.7. The van der Waals surface area contributed by atoms with E-state index in [9.17, 15) is 4.79 Å². The molecule has 0 amide bonds. The largest absolute Gasteiger partial charge is 0.362 e. The quantitative estimate of drug-likeness (QED) is 0.808. The summed E-state index contributed by atoms with van der Waals surface area (Å²) in [6, 6.07) is 0.0824. The molecule has 0 aromatic carbocycles. The lowest BCUT2D eigenvalue weighted by Crippen LogP contribution is -2.16. The third-order valence-electron chi connectivity index (χ3n) is 2.48. The molecule has 0 aliphatic carbocycles. The van der Waals surface area contributed by atoms with Crippen LogP contribution in [0.1, 0.15) is 28.5 Å². The summed E-state index contributed by atoms with van der Waals surface area (Å²) in [5.74, 6) is 0.609. The number of nitrogens with one attached hydrogen (secondary N) is 2. The van der Waals surface area contributed by atoms with Gasteiger partial charge >= 0.3 is 0 Å². The lowest BCUT2D eigenvalue weighted by molar-refractivity contribution is 0.872. The van der Waals surface area contributed by atoms with Crippen LogP contribution in [0, 0.1) is 17.4 Å². The van der Waals surface area contributed by atoms with Crippen LogP contribution in [0.3, 0.4) is 0 Å². The smallest absolute Gasteiger partial charge is 0.266 e. The number of thiazole rings is 1. The van der Waals surface area contributed by atoms with E-state index in [1.54, 1.807) is 11.3 Å². The van der Waals surface area contributed by atoms with Crippen molar-refractivity contribution in [1.82, 2.24) is 15.0 Å². The minimum Gasteiger partial charge on any atom is -0.362 e. The lowest BCUT2D eigenvalue weighted by atomic mass is 10.2. The van der Waals surface area contributed by atoms with Crippen LogP contribution in [0.25, 0.3) is 0 Å². The number of aromatic amines is 1. The Balaban J connectivity index is 2.26. The summed E-state index contributed by atoms with van der Waals surface area (Å²) in [6.45, 7) is 6.02. The van der Waals surface area contributed by atoms with E-state index in [-0.39, 0.29) is 11.6 Å². The van der Waals surface area contributed by atoms with E-state index >= 15 is 0 Å². The van der Waals surface area contributed by atoms with E-state index in [1.807, 2.05) is 43.4 Å². The van der Waals surface area contributed by atoms with Crippen LogP contribution in [0.15, 0.2) is 11.1 Å². The summed E-state index contributed by atoms with van der Waals surface area (Å²) < 4.78 is 0.570. The van der Waals surface area contributed by atoms with Gasteiger partial charge in [-0.05, 0) is 43.4 Å².